The van der Waals surface area contributed by atoms with Gasteiger partial charge in [-0.25, -0.2) is 0 Å². The fourth-order valence-corrected chi connectivity index (χ4v) is 2.68. The molecule has 0 aliphatic rings. The van der Waals surface area contributed by atoms with E-state index in [9.17, 15) is 5.11 Å². The Balaban J connectivity index is 3.13. The summed E-state index contributed by atoms with van der Waals surface area (Å²) in [4.78, 5) is 0. The van der Waals surface area contributed by atoms with Crippen molar-refractivity contribution in [2.45, 2.75) is 110 Å². The minimum absolute atomic E-state index is 0.356. The smallest absolute Gasteiger partial charge is 0.0617 e. The molecule has 21 heavy (non-hydrogen) atoms. The van der Waals surface area contributed by atoms with E-state index >= 15 is 0 Å². The van der Waals surface area contributed by atoms with Crippen LogP contribution in [0, 0.1) is 5.92 Å². The van der Waals surface area contributed by atoms with Gasteiger partial charge in [0, 0.05) is 6.61 Å². The Kier molecular flexibility index (Phi) is 13.5. The van der Waals surface area contributed by atoms with Gasteiger partial charge in [0.1, 0.15) is 0 Å². The summed E-state index contributed by atoms with van der Waals surface area (Å²) in [6.07, 6.45) is 16.8. The van der Waals surface area contributed by atoms with Crippen molar-refractivity contribution >= 4 is 0 Å². The van der Waals surface area contributed by atoms with Gasteiger partial charge < -0.3 is 10.2 Å². The lowest BCUT2D eigenvalue weighted by molar-refractivity contribution is 0.0203. The van der Waals surface area contributed by atoms with Crippen molar-refractivity contribution in [2.75, 3.05) is 6.61 Å². The molecule has 0 radical (unpaired) electrons. The number of aliphatic hydroxyl groups excluding tert-OH is 1. The highest BCUT2D eigenvalue weighted by molar-refractivity contribution is 4.73. The third-order valence-corrected chi connectivity index (χ3v) is 4.75. The Hall–Kier alpha value is -0.0800. The Morgan fingerprint density at radius 2 is 1.00 bits per heavy atom. The lowest BCUT2D eigenvalue weighted by Crippen LogP contribution is -2.28. The Bertz CT molecular complexity index is 208. The van der Waals surface area contributed by atoms with Crippen molar-refractivity contribution in [1.29, 1.82) is 0 Å². The van der Waals surface area contributed by atoms with E-state index in [4.69, 9.17) is 5.11 Å². The Morgan fingerprint density at radius 1 is 0.667 bits per heavy atom. The molecule has 0 aliphatic carbocycles. The summed E-state index contributed by atoms with van der Waals surface area (Å²) >= 11 is 0. The van der Waals surface area contributed by atoms with Crippen molar-refractivity contribution in [3.8, 4) is 0 Å². The second kappa shape index (κ2) is 13.6. The normalized spacial score (nSPS) is 13.6. The second-order valence-electron chi connectivity index (χ2n) is 7.31. The quantitative estimate of drug-likeness (QED) is 0.394. The van der Waals surface area contributed by atoms with Crippen molar-refractivity contribution < 1.29 is 10.2 Å². The first-order valence-corrected chi connectivity index (χ1v) is 9.31. The maximum Gasteiger partial charge on any atom is 0.0617 e. The first kappa shape index (κ1) is 20.9. The summed E-state index contributed by atoms with van der Waals surface area (Å²) in [5.41, 5.74) is -0.517. The lowest BCUT2D eigenvalue weighted by Gasteiger charge is -2.25. The molecule has 0 aromatic heterocycles. The molecule has 0 aliphatic heterocycles. The monoisotopic (exact) mass is 300 g/mol. The summed E-state index contributed by atoms with van der Waals surface area (Å²) < 4.78 is 0. The van der Waals surface area contributed by atoms with E-state index in [1.807, 2.05) is 13.8 Å². The minimum Gasteiger partial charge on any atom is -0.396 e. The highest BCUT2D eigenvalue weighted by atomic mass is 16.3. The van der Waals surface area contributed by atoms with E-state index in [1.165, 1.54) is 70.6 Å². The standard InChI is InChI=1S/C19H40O2/c1-18(19(2,3)21)16-14-12-10-8-6-4-5-7-9-11-13-15-17-20/h18,20-21H,4-17H2,1-3H3. The molecule has 1 unspecified atom stereocenters. The average molecular weight is 301 g/mol. The Morgan fingerprint density at radius 3 is 1.33 bits per heavy atom. The highest BCUT2D eigenvalue weighted by Crippen LogP contribution is 2.22. The first-order chi connectivity index (χ1) is 9.98. The SMILES string of the molecule is CC(CCCCCCCCCCCCCCO)C(C)(C)O. The average Bonchev–Trinajstić information content (AvgIpc) is 2.42. The molecule has 128 valence electrons. The molecule has 2 heteroatoms. The molecule has 0 rings (SSSR count). The number of hydrogen-bond acceptors (Lipinski definition) is 2. The van der Waals surface area contributed by atoms with E-state index in [0.717, 1.165) is 12.8 Å². The molecule has 0 aromatic rings. The zero-order chi connectivity index (χ0) is 16.0. The zero-order valence-corrected chi connectivity index (χ0v) is 14.9. The van der Waals surface area contributed by atoms with E-state index < -0.39 is 5.60 Å². The molecule has 2 nitrogen and oxygen atoms in total. The van der Waals surface area contributed by atoms with Crippen LogP contribution in [0.15, 0.2) is 0 Å². The van der Waals surface area contributed by atoms with Gasteiger partial charge in [-0.15, -0.1) is 0 Å². The van der Waals surface area contributed by atoms with Gasteiger partial charge in [-0.2, -0.15) is 0 Å². The van der Waals surface area contributed by atoms with Crippen molar-refractivity contribution in [2.24, 2.45) is 5.92 Å². The summed E-state index contributed by atoms with van der Waals surface area (Å²) in [6, 6.07) is 0. The number of unbranched alkanes of at least 4 members (excludes halogenated alkanes) is 11. The van der Waals surface area contributed by atoms with Crippen molar-refractivity contribution in [3.63, 3.8) is 0 Å². The first-order valence-electron chi connectivity index (χ1n) is 9.31. The van der Waals surface area contributed by atoms with Crippen molar-refractivity contribution in [3.05, 3.63) is 0 Å². The lowest BCUT2D eigenvalue weighted by atomic mass is 9.88. The van der Waals surface area contributed by atoms with Crippen LogP contribution in [0.2, 0.25) is 0 Å². The third kappa shape index (κ3) is 14.6. The van der Waals surface area contributed by atoms with Crippen LogP contribution < -0.4 is 0 Å². The van der Waals surface area contributed by atoms with Gasteiger partial charge in [-0.05, 0) is 32.6 Å². The molecule has 0 aromatic carbocycles. The molecular formula is C19H40O2. The zero-order valence-electron chi connectivity index (χ0n) is 14.9. The predicted molar refractivity (Wildman–Crippen MR) is 92.6 cm³/mol. The van der Waals surface area contributed by atoms with E-state index in [2.05, 4.69) is 6.92 Å². The molecule has 2 N–H and O–H groups in total. The molecule has 0 spiro atoms. The maximum atomic E-state index is 9.87. The molecular weight excluding hydrogens is 260 g/mol. The number of rotatable bonds is 15. The van der Waals surface area contributed by atoms with Crippen LogP contribution in [0.4, 0.5) is 0 Å². The number of hydrogen-bond donors (Lipinski definition) is 2. The van der Waals surface area contributed by atoms with Crippen LogP contribution in [0.1, 0.15) is 104 Å². The fraction of sp³-hybridized carbons (Fsp3) is 1.00. The van der Waals surface area contributed by atoms with Crippen molar-refractivity contribution in [1.82, 2.24) is 0 Å². The molecule has 0 bridgehead atoms. The van der Waals surface area contributed by atoms with Crippen LogP contribution in [0.5, 0.6) is 0 Å². The van der Waals surface area contributed by atoms with Gasteiger partial charge in [-0.1, -0.05) is 77.6 Å². The van der Waals surface area contributed by atoms with Gasteiger partial charge >= 0.3 is 0 Å². The molecule has 1 atom stereocenters. The number of aliphatic hydroxyl groups is 2. The predicted octanol–water partition coefficient (Wildman–Crippen LogP) is 5.46. The van der Waals surface area contributed by atoms with Gasteiger partial charge in [0.25, 0.3) is 0 Å². The largest absolute Gasteiger partial charge is 0.396 e. The molecule has 0 fully saturated rings. The second-order valence-corrected chi connectivity index (χ2v) is 7.31. The van der Waals surface area contributed by atoms with Crippen LogP contribution >= 0.6 is 0 Å². The maximum absolute atomic E-state index is 9.87. The highest BCUT2D eigenvalue weighted by Gasteiger charge is 2.21. The van der Waals surface area contributed by atoms with E-state index in [-0.39, 0.29) is 0 Å². The van der Waals surface area contributed by atoms with E-state index in [0.29, 0.717) is 12.5 Å². The van der Waals surface area contributed by atoms with E-state index in [1.54, 1.807) is 0 Å². The fourth-order valence-electron chi connectivity index (χ4n) is 2.68. The van der Waals surface area contributed by atoms with Crippen LogP contribution in [0.3, 0.4) is 0 Å². The van der Waals surface area contributed by atoms with Crippen LogP contribution in [0.25, 0.3) is 0 Å². The van der Waals surface area contributed by atoms with Gasteiger partial charge in [0.2, 0.25) is 0 Å². The third-order valence-electron chi connectivity index (χ3n) is 4.75. The molecule has 0 saturated heterocycles. The Labute approximate surface area is 133 Å². The summed E-state index contributed by atoms with van der Waals surface area (Å²) in [7, 11) is 0. The summed E-state index contributed by atoms with van der Waals surface area (Å²) in [5.74, 6) is 0.406. The van der Waals surface area contributed by atoms with Gasteiger partial charge in [0.15, 0.2) is 0 Å². The molecule has 0 saturated carbocycles. The minimum atomic E-state index is -0.517. The van der Waals surface area contributed by atoms with Gasteiger partial charge in [-0.3, -0.25) is 0 Å². The molecule has 0 heterocycles. The van der Waals surface area contributed by atoms with Crippen LogP contribution in [-0.2, 0) is 0 Å². The summed E-state index contributed by atoms with van der Waals surface area (Å²) in [5, 5.41) is 18.6. The summed E-state index contributed by atoms with van der Waals surface area (Å²) in [6.45, 7) is 6.35. The topological polar surface area (TPSA) is 40.5 Å². The van der Waals surface area contributed by atoms with Gasteiger partial charge in [0.05, 0.1) is 5.60 Å². The molecule has 0 amide bonds. The van der Waals surface area contributed by atoms with Crippen LogP contribution in [-0.4, -0.2) is 22.4 Å².